The number of rotatable bonds is 8. The molecule has 0 bridgehead atoms. The van der Waals surface area contributed by atoms with E-state index in [-0.39, 0.29) is 0 Å². The summed E-state index contributed by atoms with van der Waals surface area (Å²) in [7, 11) is 0. The van der Waals surface area contributed by atoms with Gasteiger partial charge in [-0.1, -0.05) is 40.0 Å². The molecule has 0 spiro atoms. The van der Waals surface area contributed by atoms with E-state index in [2.05, 4.69) is 30.7 Å². The fourth-order valence-corrected chi connectivity index (χ4v) is 1.82. The van der Waals surface area contributed by atoms with Gasteiger partial charge in [0.2, 0.25) is 0 Å². The Kier molecular flexibility index (Phi) is 7.02. The molecule has 1 heterocycles. The summed E-state index contributed by atoms with van der Waals surface area (Å²) in [5, 5.41) is 0. The van der Waals surface area contributed by atoms with E-state index in [0.717, 1.165) is 23.7 Å². The highest BCUT2D eigenvalue weighted by Crippen LogP contribution is 2.20. The summed E-state index contributed by atoms with van der Waals surface area (Å²) in [6.07, 6.45) is 6.52. The molecule has 0 saturated carbocycles. The fraction of sp³-hybridized carbons (Fsp3) is 0.714. The van der Waals surface area contributed by atoms with Gasteiger partial charge in [-0.25, -0.2) is 9.97 Å². The molecule has 0 saturated heterocycles. The van der Waals surface area contributed by atoms with Crippen LogP contribution in [0, 0.1) is 0 Å². The Morgan fingerprint density at radius 3 is 2.67 bits per heavy atom. The predicted octanol–water partition coefficient (Wildman–Crippen LogP) is 4.30. The lowest BCUT2D eigenvalue weighted by atomic mass is 10.2. The fourth-order valence-electron chi connectivity index (χ4n) is 1.63. The minimum Gasteiger partial charge on any atom is -0.490 e. The topological polar surface area (TPSA) is 35.0 Å². The Balaban J connectivity index is 2.54. The molecular formula is C14H23ClN2O. The number of nitrogens with zero attached hydrogens (tertiary/aromatic N) is 2. The van der Waals surface area contributed by atoms with Crippen LogP contribution in [0.25, 0.3) is 0 Å². The van der Waals surface area contributed by atoms with Crippen molar-refractivity contribution in [3.05, 3.63) is 17.7 Å². The van der Waals surface area contributed by atoms with E-state index in [1.807, 2.05) is 0 Å². The molecule has 102 valence electrons. The number of ether oxygens (including phenoxy) is 1. The van der Waals surface area contributed by atoms with Crippen molar-refractivity contribution in [2.75, 3.05) is 6.61 Å². The van der Waals surface area contributed by atoms with Crippen molar-refractivity contribution in [3.8, 4) is 5.75 Å². The smallest absolute Gasteiger partial charge is 0.160 e. The van der Waals surface area contributed by atoms with Crippen LogP contribution in [0.2, 0.25) is 0 Å². The zero-order valence-electron chi connectivity index (χ0n) is 11.6. The van der Waals surface area contributed by atoms with Gasteiger partial charge in [-0.2, -0.15) is 0 Å². The quantitative estimate of drug-likeness (QED) is 0.522. The zero-order chi connectivity index (χ0) is 13.4. The maximum absolute atomic E-state index is 5.90. The Bertz CT molecular complexity index is 356. The summed E-state index contributed by atoms with van der Waals surface area (Å²) >= 11 is 5.90. The third kappa shape index (κ3) is 4.81. The second-order valence-electron chi connectivity index (χ2n) is 4.74. The van der Waals surface area contributed by atoms with E-state index in [1.54, 1.807) is 6.20 Å². The van der Waals surface area contributed by atoms with Crippen LogP contribution < -0.4 is 4.74 Å². The van der Waals surface area contributed by atoms with Gasteiger partial charge in [-0.15, -0.1) is 11.6 Å². The molecule has 1 rings (SSSR count). The first-order valence-corrected chi connectivity index (χ1v) is 7.27. The number of hydrogen-bond donors (Lipinski definition) is 0. The summed E-state index contributed by atoms with van der Waals surface area (Å²) in [6, 6.07) is 0. The van der Waals surface area contributed by atoms with Gasteiger partial charge in [-0.3, -0.25) is 0 Å². The Morgan fingerprint density at radius 1 is 1.28 bits per heavy atom. The molecule has 0 amide bonds. The van der Waals surface area contributed by atoms with Crippen LogP contribution in [-0.4, -0.2) is 16.6 Å². The molecule has 4 heteroatoms. The van der Waals surface area contributed by atoms with E-state index in [4.69, 9.17) is 16.3 Å². The van der Waals surface area contributed by atoms with Gasteiger partial charge < -0.3 is 4.74 Å². The SMILES string of the molecule is CCCCCCOc1cnc(C(C)C)nc1CCl. The summed E-state index contributed by atoms with van der Waals surface area (Å²) in [4.78, 5) is 8.74. The summed E-state index contributed by atoms with van der Waals surface area (Å²) in [6.45, 7) is 7.05. The molecule has 1 aromatic heterocycles. The molecule has 0 fully saturated rings. The Labute approximate surface area is 115 Å². The van der Waals surface area contributed by atoms with Gasteiger partial charge in [0.05, 0.1) is 18.7 Å². The average Bonchev–Trinajstić information content (AvgIpc) is 2.38. The molecule has 0 aliphatic carbocycles. The van der Waals surface area contributed by atoms with Crippen molar-refractivity contribution in [1.29, 1.82) is 0 Å². The van der Waals surface area contributed by atoms with Crippen molar-refractivity contribution in [1.82, 2.24) is 9.97 Å². The monoisotopic (exact) mass is 270 g/mol. The van der Waals surface area contributed by atoms with E-state index in [1.165, 1.54) is 19.3 Å². The van der Waals surface area contributed by atoms with Crippen molar-refractivity contribution in [3.63, 3.8) is 0 Å². The molecule has 0 aliphatic heterocycles. The molecule has 0 unspecified atom stereocenters. The number of hydrogen-bond acceptors (Lipinski definition) is 3. The van der Waals surface area contributed by atoms with Crippen molar-refractivity contribution < 1.29 is 4.74 Å². The summed E-state index contributed by atoms with van der Waals surface area (Å²) in [5.41, 5.74) is 0.797. The van der Waals surface area contributed by atoms with Crippen molar-refractivity contribution >= 4 is 11.6 Å². The zero-order valence-corrected chi connectivity index (χ0v) is 12.3. The third-order valence-electron chi connectivity index (χ3n) is 2.75. The van der Waals surface area contributed by atoms with Gasteiger partial charge in [0.15, 0.2) is 5.75 Å². The van der Waals surface area contributed by atoms with Crippen molar-refractivity contribution in [2.45, 2.75) is 58.3 Å². The molecule has 18 heavy (non-hydrogen) atoms. The largest absolute Gasteiger partial charge is 0.490 e. The average molecular weight is 271 g/mol. The summed E-state index contributed by atoms with van der Waals surface area (Å²) < 4.78 is 5.70. The van der Waals surface area contributed by atoms with Crippen LogP contribution in [0.4, 0.5) is 0 Å². The second-order valence-corrected chi connectivity index (χ2v) is 5.00. The Hall–Kier alpha value is -0.830. The summed E-state index contributed by atoms with van der Waals surface area (Å²) in [5.74, 6) is 2.23. The Morgan fingerprint density at radius 2 is 2.06 bits per heavy atom. The van der Waals surface area contributed by atoms with Gasteiger partial charge in [0, 0.05) is 5.92 Å². The van der Waals surface area contributed by atoms with Crippen LogP contribution in [0.15, 0.2) is 6.20 Å². The number of alkyl halides is 1. The molecule has 1 aromatic rings. The third-order valence-corrected chi connectivity index (χ3v) is 3.00. The molecule has 3 nitrogen and oxygen atoms in total. The lowest BCUT2D eigenvalue weighted by Gasteiger charge is -2.11. The van der Waals surface area contributed by atoms with Gasteiger partial charge in [0.1, 0.15) is 11.5 Å². The first-order chi connectivity index (χ1) is 8.69. The number of aromatic nitrogens is 2. The first kappa shape index (κ1) is 15.2. The standard InChI is InChI=1S/C14H23ClN2O/c1-4-5-6-7-8-18-13-10-16-14(11(2)3)17-12(13)9-15/h10-11H,4-9H2,1-3H3. The van der Waals surface area contributed by atoms with Gasteiger partial charge in [-0.05, 0) is 6.42 Å². The molecule has 0 aromatic carbocycles. The predicted molar refractivity (Wildman–Crippen MR) is 75.3 cm³/mol. The molecule has 0 radical (unpaired) electrons. The maximum atomic E-state index is 5.90. The van der Waals surface area contributed by atoms with E-state index < -0.39 is 0 Å². The number of unbranched alkanes of at least 4 members (excludes halogenated alkanes) is 3. The van der Waals surface area contributed by atoms with E-state index in [9.17, 15) is 0 Å². The molecule has 0 N–H and O–H groups in total. The highest BCUT2D eigenvalue weighted by Gasteiger charge is 2.09. The lowest BCUT2D eigenvalue weighted by Crippen LogP contribution is -2.05. The maximum Gasteiger partial charge on any atom is 0.160 e. The van der Waals surface area contributed by atoms with Crippen LogP contribution in [-0.2, 0) is 5.88 Å². The van der Waals surface area contributed by atoms with Crippen LogP contribution >= 0.6 is 11.6 Å². The minimum absolute atomic E-state index is 0.311. The van der Waals surface area contributed by atoms with Gasteiger partial charge in [0.25, 0.3) is 0 Å². The highest BCUT2D eigenvalue weighted by atomic mass is 35.5. The molecular weight excluding hydrogens is 248 g/mol. The van der Waals surface area contributed by atoms with Crippen molar-refractivity contribution in [2.24, 2.45) is 0 Å². The molecule has 0 aliphatic rings. The van der Waals surface area contributed by atoms with Crippen LogP contribution in [0.3, 0.4) is 0 Å². The molecule has 0 atom stereocenters. The highest BCUT2D eigenvalue weighted by molar-refractivity contribution is 6.17. The van der Waals surface area contributed by atoms with Crippen LogP contribution in [0.1, 0.15) is 63.9 Å². The number of halogens is 1. The minimum atomic E-state index is 0.311. The lowest BCUT2D eigenvalue weighted by molar-refractivity contribution is 0.299. The van der Waals surface area contributed by atoms with Crippen LogP contribution in [0.5, 0.6) is 5.75 Å². The first-order valence-electron chi connectivity index (χ1n) is 6.73. The normalized spacial score (nSPS) is 10.9. The van der Waals surface area contributed by atoms with E-state index in [0.29, 0.717) is 18.4 Å². The van der Waals surface area contributed by atoms with Gasteiger partial charge >= 0.3 is 0 Å². The second kappa shape index (κ2) is 8.30. The van der Waals surface area contributed by atoms with E-state index >= 15 is 0 Å².